The number of rotatable bonds is 4. The molecule has 17 heavy (non-hydrogen) atoms. The van der Waals surface area contributed by atoms with Gasteiger partial charge < -0.3 is 10.4 Å². The Kier molecular flexibility index (Phi) is 4.97. The quantitative estimate of drug-likeness (QED) is 0.791. The maximum absolute atomic E-state index is 11.9. The van der Waals surface area contributed by atoms with E-state index in [4.69, 9.17) is 5.11 Å². The van der Waals surface area contributed by atoms with Crippen molar-refractivity contribution in [2.75, 3.05) is 0 Å². The molecule has 1 rings (SSSR count). The molecule has 0 aromatic carbocycles. The second-order valence-electron chi connectivity index (χ2n) is 5.43. The Hall–Kier alpha value is -1.06. The number of carboxylic acid groups (broad SMARTS) is 1. The molecule has 0 spiro atoms. The summed E-state index contributed by atoms with van der Waals surface area (Å²) in [6, 6.07) is 0.180. The predicted octanol–water partition coefficient (Wildman–Crippen LogP) is 2.04. The SMILES string of the molecule is CC(C)C(C)NC(=O)C1CCC(C(=O)O)CC1. The Morgan fingerprint density at radius 3 is 1.94 bits per heavy atom. The summed E-state index contributed by atoms with van der Waals surface area (Å²) in [6.45, 7) is 6.16. The first-order valence-electron chi connectivity index (χ1n) is 6.45. The fraction of sp³-hybridized carbons (Fsp3) is 0.846. The first-order chi connectivity index (χ1) is 7.91. The van der Waals surface area contributed by atoms with Gasteiger partial charge in [-0.15, -0.1) is 0 Å². The van der Waals surface area contributed by atoms with Crippen LogP contribution in [0.4, 0.5) is 0 Å². The third-order valence-corrected chi connectivity index (χ3v) is 3.82. The number of carboxylic acids is 1. The van der Waals surface area contributed by atoms with E-state index in [-0.39, 0.29) is 23.8 Å². The lowest BCUT2D eigenvalue weighted by atomic mass is 9.81. The summed E-state index contributed by atoms with van der Waals surface area (Å²) in [5.41, 5.74) is 0. The van der Waals surface area contributed by atoms with Crippen LogP contribution in [0, 0.1) is 17.8 Å². The number of amides is 1. The average Bonchev–Trinajstić information content (AvgIpc) is 2.28. The number of hydrogen-bond donors (Lipinski definition) is 2. The van der Waals surface area contributed by atoms with Crippen LogP contribution in [0.5, 0.6) is 0 Å². The van der Waals surface area contributed by atoms with Crippen molar-refractivity contribution >= 4 is 11.9 Å². The van der Waals surface area contributed by atoms with Crippen LogP contribution in [0.25, 0.3) is 0 Å². The number of carbonyl (C=O) groups excluding carboxylic acids is 1. The summed E-state index contributed by atoms with van der Waals surface area (Å²) >= 11 is 0. The zero-order valence-corrected chi connectivity index (χ0v) is 10.9. The molecular formula is C13H23NO3. The average molecular weight is 241 g/mol. The van der Waals surface area contributed by atoms with Gasteiger partial charge in [-0.05, 0) is 38.5 Å². The van der Waals surface area contributed by atoms with Crippen LogP contribution in [0.2, 0.25) is 0 Å². The highest BCUT2D eigenvalue weighted by molar-refractivity contribution is 5.79. The van der Waals surface area contributed by atoms with Crippen LogP contribution < -0.4 is 5.32 Å². The lowest BCUT2D eigenvalue weighted by molar-refractivity contribution is -0.144. The van der Waals surface area contributed by atoms with Crippen molar-refractivity contribution in [1.29, 1.82) is 0 Å². The van der Waals surface area contributed by atoms with Crippen molar-refractivity contribution in [2.24, 2.45) is 17.8 Å². The van der Waals surface area contributed by atoms with Crippen molar-refractivity contribution in [2.45, 2.75) is 52.5 Å². The Bertz CT molecular complexity index is 280. The zero-order valence-electron chi connectivity index (χ0n) is 10.9. The van der Waals surface area contributed by atoms with E-state index in [1.807, 2.05) is 6.92 Å². The molecule has 4 heteroatoms. The molecule has 0 aromatic rings. The third kappa shape index (κ3) is 4.02. The first-order valence-corrected chi connectivity index (χ1v) is 6.45. The molecule has 1 aliphatic carbocycles. The van der Waals surface area contributed by atoms with Crippen molar-refractivity contribution < 1.29 is 14.7 Å². The molecule has 0 aliphatic heterocycles. The van der Waals surface area contributed by atoms with Gasteiger partial charge in [0.1, 0.15) is 0 Å². The van der Waals surface area contributed by atoms with Crippen LogP contribution in [0.3, 0.4) is 0 Å². The smallest absolute Gasteiger partial charge is 0.306 e. The molecular weight excluding hydrogens is 218 g/mol. The Morgan fingerprint density at radius 2 is 1.53 bits per heavy atom. The minimum absolute atomic E-state index is 0.00630. The third-order valence-electron chi connectivity index (χ3n) is 3.82. The van der Waals surface area contributed by atoms with Gasteiger partial charge in [0.25, 0.3) is 0 Å². The number of carbonyl (C=O) groups is 2. The lowest BCUT2D eigenvalue weighted by Gasteiger charge is -2.27. The van der Waals surface area contributed by atoms with Gasteiger partial charge in [-0.1, -0.05) is 13.8 Å². The summed E-state index contributed by atoms with van der Waals surface area (Å²) in [5.74, 6) is -0.447. The maximum Gasteiger partial charge on any atom is 0.306 e. The second-order valence-corrected chi connectivity index (χ2v) is 5.43. The molecule has 1 saturated carbocycles. The highest BCUT2D eigenvalue weighted by atomic mass is 16.4. The standard InChI is InChI=1S/C13H23NO3/c1-8(2)9(3)14-12(15)10-4-6-11(7-5-10)13(16)17/h8-11H,4-7H2,1-3H3,(H,14,15)(H,16,17). The molecule has 1 fully saturated rings. The summed E-state index contributed by atoms with van der Waals surface area (Å²) < 4.78 is 0. The van der Waals surface area contributed by atoms with Gasteiger partial charge in [0.05, 0.1) is 5.92 Å². The van der Waals surface area contributed by atoms with Gasteiger partial charge in [0.15, 0.2) is 0 Å². The normalized spacial score (nSPS) is 26.6. The highest BCUT2D eigenvalue weighted by Gasteiger charge is 2.30. The van der Waals surface area contributed by atoms with E-state index in [1.54, 1.807) is 0 Å². The molecule has 4 nitrogen and oxygen atoms in total. The fourth-order valence-corrected chi connectivity index (χ4v) is 2.11. The predicted molar refractivity (Wildman–Crippen MR) is 65.5 cm³/mol. The van der Waals surface area contributed by atoms with Gasteiger partial charge in [0, 0.05) is 12.0 Å². The summed E-state index contributed by atoms with van der Waals surface area (Å²) in [7, 11) is 0. The lowest BCUT2D eigenvalue weighted by Crippen LogP contribution is -2.41. The maximum atomic E-state index is 11.9. The summed E-state index contributed by atoms with van der Waals surface area (Å²) in [6.07, 6.45) is 2.66. The Balaban J connectivity index is 2.38. The molecule has 1 atom stereocenters. The largest absolute Gasteiger partial charge is 0.481 e. The molecule has 0 heterocycles. The zero-order chi connectivity index (χ0) is 13.0. The van der Waals surface area contributed by atoms with Gasteiger partial charge in [-0.25, -0.2) is 0 Å². The monoisotopic (exact) mass is 241 g/mol. The van der Waals surface area contributed by atoms with E-state index in [0.717, 1.165) is 0 Å². The molecule has 2 N–H and O–H groups in total. The molecule has 0 saturated heterocycles. The van der Waals surface area contributed by atoms with Crippen molar-refractivity contribution in [3.05, 3.63) is 0 Å². The summed E-state index contributed by atoms with van der Waals surface area (Å²) in [4.78, 5) is 22.7. The molecule has 98 valence electrons. The van der Waals surface area contributed by atoms with Crippen LogP contribution in [-0.4, -0.2) is 23.0 Å². The van der Waals surface area contributed by atoms with E-state index in [1.165, 1.54) is 0 Å². The van der Waals surface area contributed by atoms with Crippen molar-refractivity contribution in [3.63, 3.8) is 0 Å². The molecule has 0 bridgehead atoms. The minimum Gasteiger partial charge on any atom is -0.481 e. The molecule has 1 amide bonds. The molecule has 0 radical (unpaired) electrons. The highest BCUT2D eigenvalue weighted by Crippen LogP contribution is 2.29. The van der Waals surface area contributed by atoms with Crippen molar-refractivity contribution in [1.82, 2.24) is 5.32 Å². The molecule has 1 unspecified atom stereocenters. The van der Waals surface area contributed by atoms with E-state index in [0.29, 0.717) is 31.6 Å². The van der Waals surface area contributed by atoms with Gasteiger partial charge in [-0.3, -0.25) is 9.59 Å². The van der Waals surface area contributed by atoms with Gasteiger partial charge in [-0.2, -0.15) is 0 Å². The Morgan fingerprint density at radius 1 is 1.06 bits per heavy atom. The van der Waals surface area contributed by atoms with Gasteiger partial charge in [0.2, 0.25) is 5.91 Å². The van der Waals surface area contributed by atoms with Crippen LogP contribution in [-0.2, 0) is 9.59 Å². The molecule has 0 aromatic heterocycles. The van der Waals surface area contributed by atoms with E-state index in [2.05, 4.69) is 19.2 Å². The van der Waals surface area contributed by atoms with Crippen molar-refractivity contribution in [3.8, 4) is 0 Å². The molecule has 1 aliphatic rings. The number of hydrogen-bond acceptors (Lipinski definition) is 2. The van der Waals surface area contributed by atoms with E-state index in [9.17, 15) is 9.59 Å². The van der Waals surface area contributed by atoms with Gasteiger partial charge >= 0.3 is 5.97 Å². The van der Waals surface area contributed by atoms with E-state index < -0.39 is 5.97 Å². The van der Waals surface area contributed by atoms with Crippen LogP contribution >= 0.6 is 0 Å². The fourth-order valence-electron chi connectivity index (χ4n) is 2.11. The van der Waals surface area contributed by atoms with Crippen LogP contribution in [0.15, 0.2) is 0 Å². The topological polar surface area (TPSA) is 66.4 Å². The minimum atomic E-state index is -0.723. The number of aliphatic carboxylic acids is 1. The second kappa shape index (κ2) is 6.03. The van der Waals surface area contributed by atoms with Crippen LogP contribution in [0.1, 0.15) is 46.5 Å². The summed E-state index contributed by atoms with van der Waals surface area (Å²) in [5, 5.41) is 11.9. The number of nitrogens with one attached hydrogen (secondary N) is 1. The first kappa shape index (κ1) is 14.0. The van der Waals surface area contributed by atoms with E-state index >= 15 is 0 Å². The Labute approximate surface area is 103 Å².